The van der Waals surface area contributed by atoms with E-state index in [0.29, 0.717) is 37.1 Å². The Bertz CT molecular complexity index is 2140. The molecule has 6 aromatic rings. The highest BCUT2D eigenvalue weighted by atomic mass is 16.5. The molecule has 12 nitrogen and oxygen atoms in total. The van der Waals surface area contributed by atoms with Gasteiger partial charge in [0, 0.05) is 37.6 Å². The highest BCUT2D eigenvalue weighted by molar-refractivity contribution is 6.27. The number of nitrogens with zero attached hydrogens (tertiary/aromatic N) is 6. The van der Waals surface area contributed by atoms with Crippen LogP contribution in [0.15, 0.2) is 134 Å². The van der Waals surface area contributed by atoms with E-state index < -0.39 is 11.9 Å². The maximum absolute atomic E-state index is 9.10. The monoisotopic (exact) mass is 814 g/mol. The second-order valence-corrected chi connectivity index (χ2v) is 15.1. The first-order valence-corrected chi connectivity index (χ1v) is 20.5. The normalized spacial score (nSPS) is 14.9. The van der Waals surface area contributed by atoms with Crippen LogP contribution in [0.1, 0.15) is 50.7 Å². The Hall–Kier alpha value is -6.24. The summed E-state index contributed by atoms with van der Waals surface area (Å²) in [6.07, 6.45) is 9.21. The van der Waals surface area contributed by atoms with E-state index >= 15 is 0 Å². The lowest BCUT2D eigenvalue weighted by Crippen LogP contribution is -2.45. The minimum atomic E-state index is -1.82. The number of rotatable bonds is 15. The van der Waals surface area contributed by atoms with Crippen molar-refractivity contribution in [3.05, 3.63) is 145 Å². The molecular formula is C48H58N6O6. The number of aromatic nitrogens is 4. The molecule has 0 unspecified atom stereocenters. The Balaban J connectivity index is 0.000000202. The van der Waals surface area contributed by atoms with Gasteiger partial charge in [-0.05, 0) is 76.0 Å². The van der Waals surface area contributed by atoms with Gasteiger partial charge in [-0.15, -0.1) is 10.2 Å². The van der Waals surface area contributed by atoms with Gasteiger partial charge in [0.2, 0.25) is 11.8 Å². The van der Waals surface area contributed by atoms with Gasteiger partial charge in [0.1, 0.15) is 13.2 Å². The summed E-state index contributed by atoms with van der Waals surface area (Å²) in [5.74, 6) is -2.25. The number of hydrogen-bond acceptors (Lipinski definition) is 8. The third-order valence-corrected chi connectivity index (χ3v) is 10.2. The zero-order valence-corrected chi connectivity index (χ0v) is 35.1. The van der Waals surface area contributed by atoms with Crippen LogP contribution in [0.2, 0.25) is 0 Å². The lowest BCUT2D eigenvalue weighted by atomic mass is 9.98. The molecular weight excluding hydrogens is 757 g/mol. The zero-order valence-electron chi connectivity index (χ0n) is 35.1. The number of carboxylic acid groups (broad SMARTS) is 2. The number of carboxylic acids is 2. The SMILES string of the molecule is CN(C)CCCn1cc(-c2ccccc2)c(OCc2ccccc2)n1.C[C@@H]1CCC[C@H](C)N1CCn1cc(-c2ccccc2)c(OCc2ccccc2)n1.O=C(O)C(=O)O. The van der Waals surface area contributed by atoms with Gasteiger partial charge < -0.3 is 24.6 Å². The van der Waals surface area contributed by atoms with E-state index in [4.69, 9.17) is 34.4 Å². The molecule has 60 heavy (non-hydrogen) atoms. The molecule has 0 radical (unpaired) electrons. The van der Waals surface area contributed by atoms with E-state index in [0.717, 1.165) is 66.0 Å². The van der Waals surface area contributed by atoms with Crippen molar-refractivity contribution in [2.45, 2.75) is 77.9 Å². The number of hydrogen-bond donors (Lipinski definition) is 2. The number of benzene rings is 4. The molecule has 7 rings (SSSR count). The Morgan fingerprint density at radius 2 is 1.02 bits per heavy atom. The van der Waals surface area contributed by atoms with E-state index in [1.54, 1.807) is 0 Å². The lowest BCUT2D eigenvalue weighted by Gasteiger charge is -2.38. The molecule has 1 saturated heterocycles. The Morgan fingerprint density at radius 1 is 0.617 bits per heavy atom. The molecule has 12 heteroatoms. The van der Waals surface area contributed by atoms with Gasteiger partial charge in [-0.3, -0.25) is 14.3 Å². The number of aliphatic carboxylic acids is 2. The molecule has 0 saturated carbocycles. The number of likely N-dealkylation sites (tertiary alicyclic amines) is 1. The van der Waals surface area contributed by atoms with E-state index in [1.807, 2.05) is 65.3 Å². The van der Waals surface area contributed by atoms with Crippen LogP contribution in [-0.2, 0) is 35.9 Å². The smallest absolute Gasteiger partial charge is 0.414 e. The first-order valence-electron chi connectivity index (χ1n) is 20.5. The van der Waals surface area contributed by atoms with Gasteiger partial charge in [0.15, 0.2) is 0 Å². The summed E-state index contributed by atoms with van der Waals surface area (Å²) >= 11 is 0. The van der Waals surface area contributed by atoms with Gasteiger partial charge in [-0.1, -0.05) is 128 Å². The van der Waals surface area contributed by atoms with Crippen molar-refractivity contribution in [3.63, 3.8) is 0 Å². The fourth-order valence-corrected chi connectivity index (χ4v) is 7.02. The molecule has 3 heterocycles. The molecule has 1 aliphatic heterocycles. The molecule has 0 bridgehead atoms. The predicted molar refractivity (Wildman–Crippen MR) is 235 cm³/mol. The average Bonchev–Trinajstić information content (AvgIpc) is 3.87. The molecule has 2 N–H and O–H groups in total. The third kappa shape index (κ3) is 14.2. The van der Waals surface area contributed by atoms with Crippen LogP contribution in [0.5, 0.6) is 11.8 Å². The van der Waals surface area contributed by atoms with Crippen molar-refractivity contribution in [1.82, 2.24) is 29.4 Å². The Labute approximate surface area is 353 Å². The standard InChI is InChI=1S/C25H31N3O.C21H25N3O.C2H2O4/c1-20-10-9-11-21(2)28(20)17-16-27-18-24(23-14-7-4-8-15-23)25(26-27)29-19-22-12-5-3-6-13-22;1-23(2)14-9-15-24-16-20(19-12-7-4-8-13-19)21(22-24)25-17-18-10-5-3-6-11-18;3-1(4)2(5)6/h3-8,12-15,18,20-21H,9-11,16-17,19H2,1-2H3;3-8,10-13,16H,9,14-15,17H2,1-2H3;(H,3,4)(H,5,6)/t20-,21+;;. The summed E-state index contributed by atoms with van der Waals surface area (Å²) in [7, 11) is 4.18. The number of ether oxygens (including phenoxy) is 2. The molecule has 1 fully saturated rings. The highest BCUT2D eigenvalue weighted by Crippen LogP contribution is 2.31. The largest absolute Gasteiger partial charge is 0.473 e. The Morgan fingerprint density at radius 3 is 1.42 bits per heavy atom. The fourth-order valence-electron chi connectivity index (χ4n) is 7.02. The van der Waals surface area contributed by atoms with Crippen LogP contribution in [0.4, 0.5) is 0 Å². The molecule has 0 amide bonds. The minimum Gasteiger partial charge on any atom is -0.473 e. The Kier molecular flexibility index (Phi) is 17.5. The van der Waals surface area contributed by atoms with Crippen LogP contribution in [-0.4, -0.2) is 90.8 Å². The van der Waals surface area contributed by atoms with Crippen LogP contribution in [0, 0.1) is 0 Å². The second-order valence-electron chi connectivity index (χ2n) is 15.1. The van der Waals surface area contributed by atoms with Crippen LogP contribution in [0.25, 0.3) is 22.3 Å². The van der Waals surface area contributed by atoms with Crippen molar-refractivity contribution in [1.29, 1.82) is 0 Å². The van der Waals surface area contributed by atoms with Crippen LogP contribution in [0.3, 0.4) is 0 Å². The molecule has 0 spiro atoms. The first kappa shape index (κ1) is 44.9. The van der Waals surface area contributed by atoms with Crippen molar-refractivity contribution in [2.24, 2.45) is 0 Å². The van der Waals surface area contributed by atoms with Crippen LogP contribution >= 0.6 is 0 Å². The van der Waals surface area contributed by atoms with Gasteiger partial charge in [0.25, 0.3) is 0 Å². The van der Waals surface area contributed by atoms with Gasteiger partial charge >= 0.3 is 11.9 Å². The lowest BCUT2D eigenvalue weighted by molar-refractivity contribution is -0.159. The molecule has 2 aromatic heterocycles. The molecule has 0 aliphatic carbocycles. The second kappa shape index (κ2) is 23.4. The van der Waals surface area contributed by atoms with Gasteiger partial charge in [0.05, 0.1) is 17.7 Å². The van der Waals surface area contributed by atoms with E-state index in [9.17, 15) is 0 Å². The van der Waals surface area contributed by atoms with E-state index in [-0.39, 0.29) is 0 Å². The summed E-state index contributed by atoms with van der Waals surface area (Å²) < 4.78 is 16.2. The van der Waals surface area contributed by atoms with Crippen LogP contribution < -0.4 is 9.47 Å². The molecule has 1 aliphatic rings. The molecule has 4 aromatic carbocycles. The maximum atomic E-state index is 9.10. The summed E-state index contributed by atoms with van der Waals surface area (Å²) in [6, 6.07) is 42.4. The van der Waals surface area contributed by atoms with Crippen molar-refractivity contribution in [2.75, 3.05) is 27.2 Å². The maximum Gasteiger partial charge on any atom is 0.414 e. The summed E-state index contributed by atoms with van der Waals surface area (Å²) in [5.41, 5.74) is 6.66. The number of carbonyl (C=O) groups is 2. The quantitative estimate of drug-likeness (QED) is 0.0971. The highest BCUT2D eigenvalue weighted by Gasteiger charge is 2.24. The molecule has 316 valence electrons. The predicted octanol–water partition coefficient (Wildman–Crippen LogP) is 8.63. The third-order valence-electron chi connectivity index (χ3n) is 10.2. The van der Waals surface area contributed by atoms with Crippen molar-refractivity contribution < 1.29 is 29.3 Å². The first-order chi connectivity index (χ1) is 29.1. The van der Waals surface area contributed by atoms with Crippen molar-refractivity contribution in [3.8, 4) is 34.0 Å². The molecule has 2 atom stereocenters. The zero-order chi connectivity index (χ0) is 42.7. The van der Waals surface area contributed by atoms with Gasteiger partial charge in [-0.2, -0.15) is 0 Å². The number of piperidine rings is 1. The van der Waals surface area contributed by atoms with Gasteiger partial charge in [-0.25, -0.2) is 9.59 Å². The summed E-state index contributed by atoms with van der Waals surface area (Å²) in [6.45, 7) is 9.57. The summed E-state index contributed by atoms with van der Waals surface area (Å²) in [5, 5.41) is 24.3. The average molecular weight is 815 g/mol. The topological polar surface area (TPSA) is 135 Å². The van der Waals surface area contributed by atoms with E-state index in [2.05, 4.69) is 121 Å². The number of aryl methyl sites for hydroxylation is 1. The van der Waals surface area contributed by atoms with Crippen molar-refractivity contribution >= 4 is 11.9 Å². The summed E-state index contributed by atoms with van der Waals surface area (Å²) in [4.78, 5) is 23.0. The minimum absolute atomic E-state index is 0.523. The van der Waals surface area contributed by atoms with E-state index in [1.165, 1.54) is 19.3 Å². The fraction of sp³-hybridized carbons (Fsp3) is 0.333.